The summed E-state index contributed by atoms with van der Waals surface area (Å²) in [7, 11) is 0. The van der Waals surface area contributed by atoms with Gasteiger partial charge in [-0.05, 0) is 30.3 Å². The molecular weight excluding hydrogens is 367 g/mol. The molecule has 0 aliphatic carbocycles. The first-order valence-corrected chi connectivity index (χ1v) is 7.71. The lowest BCUT2D eigenvalue weighted by molar-refractivity contribution is 0.430. The fourth-order valence-corrected chi connectivity index (χ4v) is 2.38. The van der Waals surface area contributed by atoms with Gasteiger partial charge in [0.2, 0.25) is 5.88 Å². The molecule has 3 aromatic rings. The summed E-state index contributed by atoms with van der Waals surface area (Å²) in [6.45, 7) is 0. The van der Waals surface area contributed by atoms with Crippen LogP contribution in [-0.2, 0) is 0 Å². The van der Waals surface area contributed by atoms with Crippen molar-refractivity contribution < 1.29 is 5.11 Å². The Balaban J connectivity index is 2.12. The Morgan fingerprint density at radius 1 is 1.16 bits per heavy atom. The van der Waals surface area contributed by atoms with E-state index in [-0.39, 0.29) is 11.4 Å². The van der Waals surface area contributed by atoms with Crippen molar-refractivity contribution in [1.82, 2.24) is 14.5 Å². The molecule has 0 saturated heterocycles. The standard InChI is InChI=1S/C16H10Cl2N4O3/c17-9-2-1-3-11(6-9)22-15(24)12(14(23)21-16(22)25)8-20-13-5-4-10(18)7-19-13/h1-8,24H,(H,21,23,25). The number of pyridine rings is 1. The van der Waals surface area contributed by atoms with Crippen LogP contribution in [0, 0.1) is 0 Å². The van der Waals surface area contributed by atoms with Gasteiger partial charge >= 0.3 is 5.69 Å². The van der Waals surface area contributed by atoms with Gasteiger partial charge in [0.1, 0.15) is 5.56 Å². The lowest BCUT2D eigenvalue weighted by atomic mass is 10.3. The van der Waals surface area contributed by atoms with Crippen LogP contribution < -0.4 is 11.2 Å². The molecular formula is C16H10Cl2N4O3. The summed E-state index contributed by atoms with van der Waals surface area (Å²) in [5, 5.41) is 11.2. The number of aromatic nitrogens is 3. The zero-order valence-corrected chi connectivity index (χ0v) is 14.0. The molecule has 0 aliphatic rings. The molecule has 25 heavy (non-hydrogen) atoms. The third-order valence-corrected chi connectivity index (χ3v) is 3.68. The summed E-state index contributed by atoms with van der Waals surface area (Å²) in [6.07, 6.45) is 2.51. The lowest BCUT2D eigenvalue weighted by Crippen LogP contribution is -2.31. The average molecular weight is 377 g/mol. The van der Waals surface area contributed by atoms with E-state index in [1.807, 2.05) is 0 Å². The summed E-state index contributed by atoms with van der Waals surface area (Å²) < 4.78 is 0.921. The van der Waals surface area contributed by atoms with Gasteiger partial charge in [-0.3, -0.25) is 9.78 Å². The number of hydrogen-bond acceptors (Lipinski definition) is 5. The number of benzene rings is 1. The van der Waals surface area contributed by atoms with E-state index < -0.39 is 17.1 Å². The van der Waals surface area contributed by atoms with Gasteiger partial charge in [0.05, 0.1) is 10.7 Å². The number of aromatic amines is 1. The van der Waals surface area contributed by atoms with Gasteiger partial charge in [-0.25, -0.2) is 19.3 Å². The molecule has 0 atom stereocenters. The van der Waals surface area contributed by atoms with Crippen LogP contribution in [0.15, 0.2) is 57.2 Å². The van der Waals surface area contributed by atoms with Gasteiger partial charge in [-0.1, -0.05) is 29.3 Å². The third-order valence-electron chi connectivity index (χ3n) is 3.22. The molecule has 0 spiro atoms. The van der Waals surface area contributed by atoms with Crippen LogP contribution in [0.25, 0.3) is 5.69 Å². The summed E-state index contributed by atoms with van der Waals surface area (Å²) in [6, 6.07) is 9.39. The fraction of sp³-hybridized carbons (Fsp3) is 0. The lowest BCUT2D eigenvalue weighted by Gasteiger charge is -2.09. The molecule has 0 amide bonds. The van der Waals surface area contributed by atoms with E-state index in [1.165, 1.54) is 18.3 Å². The monoisotopic (exact) mass is 376 g/mol. The molecule has 0 radical (unpaired) electrons. The Kier molecular flexibility index (Phi) is 4.69. The molecule has 2 aromatic heterocycles. The quantitative estimate of drug-likeness (QED) is 0.686. The van der Waals surface area contributed by atoms with E-state index >= 15 is 0 Å². The second kappa shape index (κ2) is 6.92. The predicted molar refractivity (Wildman–Crippen MR) is 95.8 cm³/mol. The van der Waals surface area contributed by atoms with Crippen LogP contribution in [0.5, 0.6) is 5.88 Å². The first-order valence-electron chi connectivity index (χ1n) is 6.95. The smallest absolute Gasteiger partial charge is 0.335 e. The second-order valence-corrected chi connectivity index (χ2v) is 5.78. The van der Waals surface area contributed by atoms with E-state index in [1.54, 1.807) is 24.3 Å². The van der Waals surface area contributed by atoms with E-state index in [2.05, 4.69) is 15.0 Å². The molecule has 0 unspecified atom stereocenters. The van der Waals surface area contributed by atoms with E-state index in [9.17, 15) is 14.7 Å². The van der Waals surface area contributed by atoms with Crippen molar-refractivity contribution in [3.8, 4) is 11.6 Å². The van der Waals surface area contributed by atoms with E-state index in [4.69, 9.17) is 23.2 Å². The van der Waals surface area contributed by atoms with Crippen LogP contribution in [0.2, 0.25) is 10.0 Å². The highest BCUT2D eigenvalue weighted by atomic mass is 35.5. The van der Waals surface area contributed by atoms with Crippen LogP contribution >= 0.6 is 23.2 Å². The van der Waals surface area contributed by atoms with Crippen LogP contribution in [-0.4, -0.2) is 25.9 Å². The van der Waals surface area contributed by atoms with Gasteiger partial charge in [-0.2, -0.15) is 0 Å². The summed E-state index contributed by atoms with van der Waals surface area (Å²) in [4.78, 5) is 34.2. The van der Waals surface area contributed by atoms with E-state index in [0.717, 1.165) is 10.8 Å². The number of nitrogens with zero attached hydrogens (tertiary/aromatic N) is 3. The maximum atomic E-state index is 12.1. The van der Waals surface area contributed by atoms with Crippen LogP contribution in [0.4, 0.5) is 5.82 Å². The molecule has 0 fully saturated rings. The Bertz CT molecular complexity index is 1070. The van der Waals surface area contributed by atoms with Crippen molar-refractivity contribution in [2.45, 2.75) is 0 Å². The maximum Gasteiger partial charge on any atom is 0.335 e. The minimum atomic E-state index is -0.800. The maximum absolute atomic E-state index is 12.1. The van der Waals surface area contributed by atoms with Crippen molar-refractivity contribution in [3.63, 3.8) is 0 Å². The first-order chi connectivity index (χ1) is 12.0. The number of H-pyrrole nitrogens is 1. The van der Waals surface area contributed by atoms with Gasteiger partial charge < -0.3 is 5.11 Å². The SMILES string of the molecule is O=c1[nH]c(=O)n(-c2cccc(Cl)c2)c(O)c1C=Nc1ccc(Cl)cn1. The van der Waals surface area contributed by atoms with Crippen molar-refractivity contribution >= 4 is 35.2 Å². The Hall–Kier alpha value is -2.90. The van der Waals surface area contributed by atoms with E-state index in [0.29, 0.717) is 15.7 Å². The minimum absolute atomic E-state index is 0.198. The average Bonchev–Trinajstić information content (AvgIpc) is 2.56. The second-order valence-electron chi connectivity index (χ2n) is 4.90. The normalized spacial score (nSPS) is 11.1. The highest BCUT2D eigenvalue weighted by Crippen LogP contribution is 2.19. The fourth-order valence-electron chi connectivity index (χ4n) is 2.08. The first kappa shape index (κ1) is 16.9. The molecule has 1 aromatic carbocycles. The number of aromatic hydroxyl groups is 1. The third kappa shape index (κ3) is 3.62. The topological polar surface area (TPSA) is 100 Å². The molecule has 7 nitrogen and oxygen atoms in total. The number of rotatable bonds is 3. The van der Waals surface area contributed by atoms with Crippen molar-refractivity contribution in [3.05, 3.63) is 79.0 Å². The Labute approximate surface area is 150 Å². The molecule has 3 rings (SSSR count). The van der Waals surface area contributed by atoms with Crippen LogP contribution in [0.3, 0.4) is 0 Å². The highest BCUT2D eigenvalue weighted by Gasteiger charge is 2.14. The minimum Gasteiger partial charge on any atom is -0.493 e. The molecule has 0 bridgehead atoms. The zero-order valence-electron chi connectivity index (χ0n) is 12.5. The van der Waals surface area contributed by atoms with Gasteiger partial charge in [0.25, 0.3) is 5.56 Å². The zero-order chi connectivity index (χ0) is 18.0. The number of halogens is 2. The summed E-state index contributed by atoms with van der Waals surface area (Å²) in [5.41, 5.74) is -1.48. The molecule has 126 valence electrons. The van der Waals surface area contributed by atoms with Crippen LogP contribution in [0.1, 0.15) is 5.56 Å². The van der Waals surface area contributed by atoms with Gasteiger partial charge in [0.15, 0.2) is 5.82 Å². The number of aliphatic imine (C=N–C) groups is 1. The predicted octanol–water partition coefficient (Wildman–Crippen LogP) is 2.68. The summed E-state index contributed by atoms with van der Waals surface area (Å²) >= 11 is 11.6. The number of hydrogen-bond donors (Lipinski definition) is 2. The highest BCUT2D eigenvalue weighted by molar-refractivity contribution is 6.30. The van der Waals surface area contributed by atoms with Crippen molar-refractivity contribution in [1.29, 1.82) is 0 Å². The van der Waals surface area contributed by atoms with Gasteiger partial charge in [-0.15, -0.1) is 0 Å². The summed E-state index contributed by atoms with van der Waals surface area (Å²) in [5.74, 6) is -0.280. The van der Waals surface area contributed by atoms with Gasteiger partial charge in [0, 0.05) is 17.4 Å². The molecule has 2 N–H and O–H groups in total. The number of nitrogens with one attached hydrogen (secondary N) is 1. The van der Waals surface area contributed by atoms with Crippen molar-refractivity contribution in [2.24, 2.45) is 4.99 Å². The van der Waals surface area contributed by atoms with Crippen molar-refractivity contribution in [2.75, 3.05) is 0 Å². The molecule has 2 heterocycles. The molecule has 0 aliphatic heterocycles. The Morgan fingerprint density at radius 2 is 1.96 bits per heavy atom. The molecule has 0 saturated carbocycles. The molecule has 9 heteroatoms. The Morgan fingerprint density at radius 3 is 2.64 bits per heavy atom. The largest absolute Gasteiger partial charge is 0.493 e.